The number of aromatic nitrogens is 2. The molecule has 9 heteroatoms. The molecule has 1 amide bonds. The van der Waals surface area contributed by atoms with Gasteiger partial charge >= 0.3 is 5.69 Å². The summed E-state index contributed by atoms with van der Waals surface area (Å²) >= 11 is 0. The van der Waals surface area contributed by atoms with Crippen molar-refractivity contribution in [3.8, 4) is 5.75 Å². The average molecular weight is 598 g/mol. The molecular formula is C35H39N3O6. The monoisotopic (exact) mass is 597 g/mol. The number of hydrogen-bond donors (Lipinski definition) is 2. The van der Waals surface area contributed by atoms with E-state index in [0.717, 1.165) is 22.4 Å². The zero-order valence-electron chi connectivity index (χ0n) is 25.5. The Morgan fingerprint density at radius 3 is 2.07 bits per heavy atom. The Balaban J connectivity index is 1.44. The summed E-state index contributed by atoms with van der Waals surface area (Å²) in [4.78, 5) is 29.4. The normalized spacial score (nSPS) is 18.6. The number of methoxy groups -OCH3 is 1. The first kappa shape index (κ1) is 31.1. The summed E-state index contributed by atoms with van der Waals surface area (Å²) < 4.78 is 20.0. The molecule has 0 unspecified atom stereocenters. The Hall–Kier alpha value is -4.31. The average Bonchev–Trinajstić information content (AvgIpc) is 3.45. The van der Waals surface area contributed by atoms with Crippen LogP contribution in [0.25, 0.3) is 0 Å². The van der Waals surface area contributed by atoms with Crippen molar-refractivity contribution in [3.05, 3.63) is 124 Å². The number of aliphatic hydroxyl groups is 1. The van der Waals surface area contributed by atoms with Crippen LogP contribution in [0.2, 0.25) is 0 Å². The lowest BCUT2D eigenvalue weighted by molar-refractivity contribution is -0.123. The van der Waals surface area contributed by atoms with Crippen molar-refractivity contribution in [3.63, 3.8) is 0 Å². The first-order valence-electron chi connectivity index (χ1n) is 14.7. The Labute approximate surface area is 257 Å². The molecule has 2 heterocycles. The maximum Gasteiger partial charge on any atom is 0.351 e. The SMILES string of the molecule is COc1ccc(C(OC[C@H]2C[C@H](n3ccc(NC(=O)C(C)(C)C)nc3=O)O[C@@H]2CO)(c2ccccc2)c2ccccc2)cc1. The Morgan fingerprint density at radius 2 is 1.55 bits per heavy atom. The molecule has 44 heavy (non-hydrogen) atoms. The highest BCUT2D eigenvalue weighted by Gasteiger charge is 2.42. The maximum absolute atomic E-state index is 13.0. The fraction of sp³-hybridized carbons (Fsp3) is 0.343. The number of aliphatic hydroxyl groups excluding tert-OH is 1. The first-order valence-corrected chi connectivity index (χ1v) is 14.7. The van der Waals surface area contributed by atoms with Gasteiger partial charge in [0.2, 0.25) is 5.91 Å². The van der Waals surface area contributed by atoms with E-state index in [1.54, 1.807) is 40.1 Å². The van der Waals surface area contributed by atoms with Crippen LogP contribution in [0.5, 0.6) is 5.75 Å². The molecule has 3 atom stereocenters. The molecule has 1 aromatic heterocycles. The number of amides is 1. The van der Waals surface area contributed by atoms with Crippen LogP contribution in [0.1, 0.15) is 50.1 Å². The molecule has 4 aromatic rings. The van der Waals surface area contributed by atoms with Crippen LogP contribution in [0.15, 0.2) is 102 Å². The van der Waals surface area contributed by atoms with Crippen LogP contribution < -0.4 is 15.7 Å². The predicted octanol–water partition coefficient (Wildman–Crippen LogP) is 5.14. The van der Waals surface area contributed by atoms with Crippen molar-refractivity contribution in [1.82, 2.24) is 9.55 Å². The highest BCUT2D eigenvalue weighted by Crippen LogP contribution is 2.43. The van der Waals surface area contributed by atoms with Crippen molar-refractivity contribution in [2.45, 2.75) is 45.1 Å². The molecule has 5 rings (SSSR count). The second-order valence-corrected chi connectivity index (χ2v) is 12.0. The van der Waals surface area contributed by atoms with Gasteiger partial charge in [-0.1, -0.05) is 93.6 Å². The van der Waals surface area contributed by atoms with Crippen LogP contribution in [0, 0.1) is 11.3 Å². The van der Waals surface area contributed by atoms with Crippen molar-refractivity contribution in [2.75, 3.05) is 25.6 Å². The van der Waals surface area contributed by atoms with E-state index in [0.29, 0.717) is 6.42 Å². The fourth-order valence-corrected chi connectivity index (χ4v) is 5.48. The van der Waals surface area contributed by atoms with Crippen molar-refractivity contribution >= 4 is 11.7 Å². The largest absolute Gasteiger partial charge is 0.497 e. The Bertz CT molecular complexity index is 1560. The smallest absolute Gasteiger partial charge is 0.351 e. The number of benzene rings is 3. The van der Waals surface area contributed by atoms with Gasteiger partial charge in [-0.3, -0.25) is 9.36 Å². The molecule has 0 spiro atoms. The summed E-state index contributed by atoms with van der Waals surface area (Å²) in [6.45, 7) is 5.35. The summed E-state index contributed by atoms with van der Waals surface area (Å²) in [6, 6.07) is 29.4. The molecule has 0 bridgehead atoms. The van der Waals surface area contributed by atoms with E-state index < -0.39 is 29.0 Å². The van der Waals surface area contributed by atoms with Gasteiger partial charge < -0.3 is 24.6 Å². The number of nitrogens with zero attached hydrogens (tertiary/aromatic N) is 2. The maximum atomic E-state index is 13.0. The lowest BCUT2D eigenvalue weighted by Crippen LogP contribution is -2.36. The summed E-state index contributed by atoms with van der Waals surface area (Å²) in [5.74, 6) is 0.438. The molecule has 230 valence electrons. The molecule has 9 nitrogen and oxygen atoms in total. The highest BCUT2D eigenvalue weighted by atomic mass is 16.5. The number of anilines is 1. The molecular weight excluding hydrogens is 558 g/mol. The van der Waals surface area contributed by atoms with Crippen LogP contribution >= 0.6 is 0 Å². The number of hydrogen-bond acceptors (Lipinski definition) is 7. The van der Waals surface area contributed by atoms with Crippen LogP contribution in [0.3, 0.4) is 0 Å². The second kappa shape index (κ2) is 13.1. The van der Waals surface area contributed by atoms with Gasteiger partial charge in [0.05, 0.1) is 26.4 Å². The number of carbonyl (C=O) groups is 1. The van der Waals surface area contributed by atoms with Gasteiger partial charge in [0.25, 0.3) is 0 Å². The van der Waals surface area contributed by atoms with Gasteiger partial charge in [0.15, 0.2) is 0 Å². The van der Waals surface area contributed by atoms with E-state index in [-0.39, 0.29) is 30.9 Å². The summed E-state index contributed by atoms with van der Waals surface area (Å²) in [6.07, 6.45) is 0.762. The number of nitrogens with one attached hydrogen (secondary N) is 1. The minimum absolute atomic E-state index is 0.178. The summed E-state index contributed by atoms with van der Waals surface area (Å²) in [5, 5.41) is 13.0. The molecule has 1 aliphatic heterocycles. The van der Waals surface area contributed by atoms with E-state index in [4.69, 9.17) is 14.2 Å². The number of rotatable bonds is 10. The van der Waals surface area contributed by atoms with Crippen LogP contribution in [0.4, 0.5) is 5.82 Å². The van der Waals surface area contributed by atoms with Gasteiger partial charge in [0, 0.05) is 24.0 Å². The first-order chi connectivity index (χ1) is 21.2. The van der Waals surface area contributed by atoms with Gasteiger partial charge in [-0.15, -0.1) is 0 Å². The summed E-state index contributed by atoms with van der Waals surface area (Å²) in [5.41, 5.74) is 0.647. The lowest BCUT2D eigenvalue weighted by atomic mass is 9.80. The minimum atomic E-state index is -0.974. The van der Waals surface area contributed by atoms with Crippen molar-refractivity contribution < 1.29 is 24.1 Å². The molecule has 0 radical (unpaired) electrons. The third kappa shape index (κ3) is 6.45. The molecule has 0 saturated carbocycles. The van der Waals surface area contributed by atoms with Gasteiger partial charge in [-0.25, -0.2) is 4.79 Å². The minimum Gasteiger partial charge on any atom is -0.497 e. The zero-order valence-corrected chi connectivity index (χ0v) is 25.5. The standard InChI is InChI=1S/C35H39N3O6/c1-34(2,3)32(40)36-30-19-20-38(33(41)37-30)31-21-24(29(22-39)44-31)23-43-35(25-11-7-5-8-12-25,26-13-9-6-10-14-26)27-15-17-28(42-4)18-16-27/h5-20,24,29,31,39H,21-23H2,1-4H3,(H,36,37,40,41)/t24-,29-,31-/m1/s1. The molecule has 0 aliphatic carbocycles. The van der Waals surface area contributed by atoms with Gasteiger partial charge in [-0.2, -0.15) is 4.98 Å². The van der Waals surface area contributed by atoms with E-state index in [9.17, 15) is 14.7 Å². The lowest BCUT2D eigenvalue weighted by Gasteiger charge is -2.37. The third-order valence-corrected chi connectivity index (χ3v) is 7.98. The van der Waals surface area contributed by atoms with E-state index in [1.165, 1.54) is 4.57 Å². The Morgan fingerprint density at radius 1 is 0.955 bits per heavy atom. The quantitative estimate of drug-likeness (QED) is 0.244. The topological polar surface area (TPSA) is 112 Å². The summed E-state index contributed by atoms with van der Waals surface area (Å²) in [7, 11) is 1.63. The molecule has 1 aliphatic rings. The predicted molar refractivity (Wildman–Crippen MR) is 167 cm³/mol. The van der Waals surface area contributed by atoms with E-state index >= 15 is 0 Å². The van der Waals surface area contributed by atoms with E-state index in [1.807, 2.05) is 84.9 Å². The number of ether oxygens (including phenoxy) is 3. The number of carbonyl (C=O) groups excluding carboxylic acids is 1. The van der Waals surface area contributed by atoms with Crippen LogP contribution in [-0.2, 0) is 19.9 Å². The molecule has 1 fully saturated rings. The second-order valence-electron chi connectivity index (χ2n) is 12.0. The molecule has 1 saturated heterocycles. The Kier molecular flexibility index (Phi) is 9.29. The van der Waals surface area contributed by atoms with E-state index in [2.05, 4.69) is 10.3 Å². The van der Waals surface area contributed by atoms with Gasteiger partial charge in [0.1, 0.15) is 23.4 Å². The van der Waals surface area contributed by atoms with Crippen LogP contribution in [-0.4, -0.2) is 47.0 Å². The molecule has 2 N–H and O–H groups in total. The highest BCUT2D eigenvalue weighted by molar-refractivity contribution is 5.93. The third-order valence-electron chi connectivity index (χ3n) is 7.98. The molecule has 3 aromatic carbocycles. The van der Waals surface area contributed by atoms with Crippen molar-refractivity contribution in [1.29, 1.82) is 0 Å². The fourth-order valence-electron chi connectivity index (χ4n) is 5.48. The van der Waals surface area contributed by atoms with Gasteiger partial charge in [-0.05, 0) is 34.9 Å². The zero-order chi connectivity index (χ0) is 31.3. The van der Waals surface area contributed by atoms with Crippen molar-refractivity contribution in [2.24, 2.45) is 11.3 Å².